The summed E-state index contributed by atoms with van der Waals surface area (Å²) < 4.78 is 5.89. The molecule has 1 aliphatic heterocycles. The highest BCUT2D eigenvalue weighted by atomic mass is 16.5. The molecule has 0 bridgehead atoms. The molecule has 0 spiro atoms. The Morgan fingerprint density at radius 3 is 2.57 bits per heavy atom. The Morgan fingerprint density at radius 1 is 1.17 bits per heavy atom. The fourth-order valence-electron chi connectivity index (χ4n) is 2.86. The molecule has 1 saturated heterocycles. The summed E-state index contributed by atoms with van der Waals surface area (Å²) in [5, 5.41) is 5.22. The molecule has 7 heteroatoms. The lowest BCUT2D eigenvalue weighted by Crippen LogP contribution is -2.38. The Morgan fingerprint density at radius 2 is 1.87 bits per heavy atom. The van der Waals surface area contributed by atoms with Crippen molar-refractivity contribution < 1.29 is 19.1 Å². The predicted octanol–water partition coefficient (Wildman–Crippen LogP) is 3.70. The summed E-state index contributed by atoms with van der Waals surface area (Å²) in [5.74, 6) is -0.390. The number of hydrogen-bond donors (Lipinski definition) is 2. The van der Waals surface area contributed by atoms with E-state index >= 15 is 0 Å². The highest BCUT2D eigenvalue weighted by molar-refractivity contribution is 6.16. The minimum absolute atomic E-state index is 0.0142. The predicted molar refractivity (Wildman–Crippen MR) is 115 cm³/mol. The van der Waals surface area contributed by atoms with Gasteiger partial charge in [-0.1, -0.05) is 42.8 Å². The van der Waals surface area contributed by atoms with Gasteiger partial charge in [0.05, 0.1) is 6.10 Å². The van der Waals surface area contributed by atoms with Crippen molar-refractivity contribution in [2.45, 2.75) is 33.3 Å². The molecule has 2 aromatic rings. The van der Waals surface area contributed by atoms with Gasteiger partial charge in [0.1, 0.15) is 18.0 Å². The van der Waals surface area contributed by atoms with Gasteiger partial charge in [0.15, 0.2) is 0 Å². The van der Waals surface area contributed by atoms with Gasteiger partial charge < -0.3 is 15.4 Å². The summed E-state index contributed by atoms with van der Waals surface area (Å²) in [5.41, 5.74) is 2.44. The number of hydrogen-bond acceptors (Lipinski definition) is 4. The molecule has 1 fully saturated rings. The van der Waals surface area contributed by atoms with Gasteiger partial charge in [-0.2, -0.15) is 0 Å². The lowest BCUT2D eigenvalue weighted by atomic mass is 10.1. The maximum Gasteiger partial charge on any atom is 0.329 e. The molecule has 2 aromatic carbocycles. The van der Waals surface area contributed by atoms with E-state index in [0.717, 1.165) is 16.9 Å². The lowest BCUT2D eigenvalue weighted by Gasteiger charge is -2.14. The first-order valence-corrected chi connectivity index (χ1v) is 9.84. The van der Waals surface area contributed by atoms with Gasteiger partial charge in [-0.05, 0) is 44.5 Å². The van der Waals surface area contributed by atoms with Crippen LogP contribution in [-0.2, 0) is 9.59 Å². The summed E-state index contributed by atoms with van der Waals surface area (Å²) in [6, 6.07) is 13.9. The Labute approximate surface area is 175 Å². The second-order valence-electron chi connectivity index (χ2n) is 7.17. The Bertz CT molecular complexity index is 982. The van der Waals surface area contributed by atoms with Gasteiger partial charge in [-0.3, -0.25) is 9.59 Å². The normalized spacial score (nSPS) is 15.8. The highest BCUT2D eigenvalue weighted by Gasteiger charge is 2.35. The monoisotopic (exact) mass is 407 g/mol. The molecule has 1 heterocycles. The van der Waals surface area contributed by atoms with Crippen LogP contribution in [-0.4, -0.2) is 35.4 Å². The molecule has 3 rings (SSSR count). The molecule has 7 nitrogen and oxygen atoms in total. The summed E-state index contributed by atoms with van der Waals surface area (Å²) in [6.45, 7) is 5.55. The van der Waals surface area contributed by atoms with Crippen molar-refractivity contribution >= 4 is 29.6 Å². The number of para-hydroxylation sites is 1. The number of rotatable bonds is 7. The molecular formula is C23H25N3O4. The average molecular weight is 407 g/mol. The molecule has 2 N–H and O–H groups in total. The number of imide groups is 1. The quantitative estimate of drug-likeness (QED) is 0.541. The number of carbonyl (C=O) groups excluding carboxylic acids is 3. The van der Waals surface area contributed by atoms with Gasteiger partial charge in [0.25, 0.3) is 5.91 Å². The molecule has 1 atom stereocenters. The van der Waals surface area contributed by atoms with E-state index in [0.29, 0.717) is 17.0 Å². The molecule has 0 unspecified atom stereocenters. The van der Waals surface area contributed by atoms with E-state index in [9.17, 15) is 14.4 Å². The molecule has 30 heavy (non-hydrogen) atoms. The number of nitrogens with one attached hydrogen (secondary N) is 2. The van der Waals surface area contributed by atoms with Crippen LogP contribution in [0.2, 0.25) is 0 Å². The van der Waals surface area contributed by atoms with Gasteiger partial charge >= 0.3 is 6.03 Å². The zero-order valence-electron chi connectivity index (χ0n) is 17.3. The molecule has 0 aromatic heterocycles. The number of nitrogens with zero attached hydrogens (tertiary/aromatic N) is 1. The van der Waals surface area contributed by atoms with Crippen LogP contribution < -0.4 is 15.4 Å². The van der Waals surface area contributed by atoms with Crippen molar-refractivity contribution in [1.29, 1.82) is 0 Å². The van der Waals surface area contributed by atoms with Gasteiger partial charge in [-0.15, -0.1) is 0 Å². The van der Waals surface area contributed by atoms with Crippen molar-refractivity contribution in [3.63, 3.8) is 0 Å². The molecular weight excluding hydrogens is 382 g/mol. The van der Waals surface area contributed by atoms with Crippen LogP contribution in [0.5, 0.6) is 5.75 Å². The number of benzene rings is 2. The number of urea groups is 1. The third kappa shape index (κ3) is 5.05. The Kier molecular flexibility index (Phi) is 6.51. The summed E-state index contributed by atoms with van der Waals surface area (Å²) in [7, 11) is 0. The minimum atomic E-state index is -0.634. The maximum absolute atomic E-state index is 12.7. The van der Waals surface area contributed by atoms with Crippen LogP contribution in [0, 0.1) is 6.92 Å². The number of aryl methyl sites for hydroxylation is 1. The second kappa shape index (κ2) is 9.26. The van der Waals surface area contributed by atoms with E-state index in [1.54, 1.807) is 24.3 Å². The first-order chi connectivity index (χ1) is 14.4. The summed E-state index contributed by atoms with van der Waals surface area (Å²) in [6.07, 6.45) is 2.42. The van der Waals surface area contributed by atoms with E-state index in [1.807, 2.05) is 51.1 Å². The molecule has 1 aliphatic rings. The molecule has 0 radical (unpaired) electrons. The second-order valence-corrected chi connectivity index (χ2v) is 7.17. The SMILES string of the molecule is CC[C@H](C)Oc1ccccc1/C=C1/NC(=O)N(CC(=O)Nc2ccc(C)cc2)C1=O. The number of amides is 4. The fourth-order valence-corrected chi connectivity index (χ4v) is 2.86. The van der Waals surface area contributed by atoms with Crippen LogP contribution in [0.4, 0.5) is 10.5 Å². The molecule has 156 valence electrons. The van der Waals surface area contributed by atoms with E-state index in [2.05, 4.69) is 10.6 Å². The fraction of sp³-hybridized carbons (Fsp3) is 0.261. The van der Waals surface area contributed by atoms with Gasteiger partial charge in [0, 0.05) is 11.3 Å². The highest BCUT2D eigenvalue weighted by Crippen LogP contribution is 2.24. The van der Waals surface area contributed by atoms with Crippen LogP contribution in [0.25, 0.3) is 6.08 Å². The van der Waals surface area contributed by atoms with Crippen molar-refractivity contribution in [3.05, 3.63) is 65.4 Å². The zero-order chi connectivity index (χ0) is 21.7. The van der Waals surface area contributed by atoms with Gasteiger partial charge in [0.2, 0.25) is 5.91 Å². The summed E-state index contributed by atoms with van der Waals surface area (Å²) in [4.78, 5) is 38.1. The average Bonchev–Trinajstić information content (AvgIpc) is 2.98. The Hall–Kier alpha value is -3.61. The van der Waals surface area contributed by atoms with Crippen molar-refractivity contribution in [2.24, 2.45) is 0 Å². The van der Waals surface area contributed by atoms with E-state index < -0.39 is 17.8 Å². The van der Waals surface area contributed by atoms with Crippen molar-refractivity contribution in [1.82, 2.24) is 10.2 Å². The number of carbonyl (C=O) groups is 3. The van der Waals surface area contributed by atoms with Crippen molar-refractivity contribution in [3.8, 4) is 5.75 Å². The van der Waals surface area contributed by atoms with Gasteiger partial charge in [-0.25, -0.2) is 9.69 Å². The smallest absolute Gasteiger partial charge is 0.329 e. The zero-order valence-corrected chi connectivity index (χ0v) is 17.3. The van der Waals surface area contributed by atoms with E-state index in [-0.39, 0.29) is 18.3 Å². The minimum Gasteiger partial charge on any atom is -0.490 e. The topological polar surface area (TPSA) is 87.7 Å². The van der Waals surface area contributed by atoms with E-state index in [1.165, 1.54) is 0 Å². The largest absolute Gasteiger partial charge is 0.490 e. The maximum atomic E-state index is 12.7. The Balaban J connectivity index is 1.71. The molecule has 4 amide bonds. The third-order valence-corrected chi connectivity index (χ3v) is 4.72. The first kappa shape index (κ1) is 21.1. The molecule has 0 aliphatic carbocycles. The standard InChI is InChI=1S/C23H25N3O4/c1-4-16(3)30-20-8-6-5-7-17(20)13-19-22(28)26(23(29)25-19)14-21(27)24-18-11-9-15(2)10-12-18/h5-13,16H,4,14H2,1-3H3,(H,24,27)(H,25,29)/b19-13+/t16-/m0/s1. The van der Waals surface area contributed by atoms with Crippen LogP contribution in [0.1, 0.15) is 31.4 Å². The van der Waals surface area contributed by atoms with Crippen LogP contribution in [0.3, 0.4) is 0 Å². The van der Waals surface area contributed by atoms with Crippen LogP contribution in [0.15, 0.2) is 54.2 Å². The van der Waals surface area contributed by atoms with E-state index in [4.69, 9.17) is 4.74 Å². The number of ether oxygens (including phenoxy) is 1. The molecule has 0 saturated carbocycles. The van der Waals surface area contributed by atoms with Crippen molar-refractivity contribution in [2.75, 3.05) is 11.9 Å². The van der Waals surface area contributed by atoms with Crippen LogP contribution >= 0.6 is 0 Å². The first-order valence-electron chi connectivity index (χ1n) is 9.84. The summed E-state index contributed by atoms with van der Waals surface area (Å²) >= 11 is 0. The lowest BCUT2D eigenvalue weighted by molar-refractivity contribution is -0.127. The number of anilines is 1. The third-order valence-electron chi connectivity index (χ3n) is 4.72.